The predicted molar refractivity (Wildman–Crippen MR) is 74.1 cm³/mol. The van der Waals surface area contributed by atoms with Crippen molar-refractivity contribution in [3.63, 3.8) is 0 Å². The van der Waals surface area contributed by atoms with E-state index in [0.717, 1.165) is 22.9 Å². The van der Waals surface area contributed by atoms with Crippen LogP contribution in [0.3, 0.4) is 0 Å². The molecule has 0 heterocycles. The van der Waals surface area contributed by atoms with E-state index >= 15 is 0 Å². The van der Waals surface area contributed by atoms with Crippen LogP contribution in [0.5, 0.6) is 0 Å². The van der Waals surface area contributed by atoms with Gasteiger partial charge in [-0.3, -0.25) is 0 Å². The molecule has 0 spiro atoms. The van der Waals surface area contributed by atoms with E-state index in [1.54, 1.807) is 19.2 Å². The molecule has 0 radical (unpaired) electrons. The van der Waals surface area contributed by atoms with Gasteiger partial charge in [-0.1, -0.05) is 22.0 Å². The summed E-state index contributed by atoms with van der Waals surface area (Å²) in [4.78, 5) is 0.373. The van der Waals surface area contributed by atoms with Gasteiger partial charge in [-0.05, 0) is 43.5 Å². The number of hydrogen-bond donors (Lipinski definition) is 0. The van der Waals surface area contributed by atoms with Crippen molar-refractivity contribution in [2.45, 2.75) is 25.2 Å². The summed E-state index contributed by atoms with van der Waals surface area (Å²) in [6.07, 6.45) is 0.806. The molecule has 1 rings (SSSR count). The summed E-state index contributed by atoms with van der Waals surface area (Å²) in [6, 6.07) is 5.25. The molecule has 0 aliphatic heterocycles. The van der Waals surface area contributed by atoms with Gasteiger partial charge in [-0.2, -0.15) is 0 Å². The van der Waals surface area contributed by atoms with Gasteiger partial charge < -0.3 is 0 Å². The molecule has 0 N–H and O–H groups in total. The van der Waals surface area contributed by atoms with E-state index in [0.29, 0.717) is 11.4 Å². The zero-order chi connectivity index (χ0) is 13.1. The van der Waals surface area contributed by atoms with Crippen LogP contribution in [0.1, 0.15) is 17.5 Å². The third-order valence-electron chi connectivity index (χ3n) is 2.79. The molecule has 0 amide bonds. The van der Waals surface area contributed by atoms with Crippen LogP contribution >= 0.6 is 15.9 Å². The van der Waals surface area contributed by atoms with Crippen molar-refractivity contribution < 1.29 is 8.42 Å². The molecular formula is C12H18BrNO2S. The van der Waals surface area contributed by atoms with Gasteiger partial charge >= 0.3 is 0 Å². The van der Waals surface area contributed by atoms with E-state index in [1.807, 2.05) is 19.9 Å². The molecule has 5 heteroatoms. The Labute approximate surface area is 112 Å². The summed E-state index contributed by atoms with van der Waals surface area (Å²) in [5.41, 5.74) is 2.10. The fourth-order valence-electron chi connectivity index (χ4n) is 1.46. The number of alkyl halides is 1. The Bertz CT molecular complexity index is 485. The van der Waals surface area contributed by atoms with E-state index in [1.165, 1.54) is 4.31 Å². The van der Waals surface area contributed by atoms with Crippen LogP contribution < -0.4 is 0 Å². The van der Waals surface area contributed by atoms with Crippen LogP contribution in [-0.4, -0.2) is 31.6 Å². The van der Waals surface area contributed by atoms with Crippen LogP contribution in [0.4, 0.5) is 0 Å². The van der Waals surface area contributed by atoms with Gasteiger partial charge in [0.2, 0.25) is 10.0 Å². The highest BCUT2D eigenvalue weighted by Gasteiger charge is 2.20. The number of aryl methyl sites for hydroxylation is 2. The zero-order valence-electron chi connectivity index (χ0n) is 10.4. The number of rotatable bonds is 5. The van der Waals surface area contributed by atoms with Crippen LogP contribution in [0.15, 0.2) is 23.1 Å². The maximum absolute atomic E-state index is 12.2. The minimum Gasteiger partial charge on any atom is -0.207 e. The maximum atomic E-state index is 12.2. The first-order valence-electron chi connectivity index (χ1n) is 5.49. The second-order valence-electron chi connectivity index (χ2n) is 4.12. The van der Waals surface area contributed by atoms with Crippen molar-refractivity contribution in [3.05, 3.63) is 29.3 Å². The topological polar surface area (TPSA) is 37.4 Å². The third kappa shape index (κ3) is 3.53. The smallest absolute Gasteiger partial charge is 0.207 e. The van der Waals surface area contributed by atoms with Crippen molar-refractivity contribution in [2.24, 2.45) is 0 Å². The lowest BCUT2D eigenvalue weighted by Gasteiger charge is -2.17. The van der Waals surface area contributed by atoms with Crippen LogP contribution in [0, 0.1) is 13.8 Å². The molecule has 0 unspecified atom stereocenters. The molecule has 0 fully saturated rings. The highest BCUT2D eigenvalue weighted by atomic mass is 79.9. The first-order valence-corrected chi connectivity index (χ1v) is 8.05. The largest absolute Gasteiger partial charge is 0.242 e. The summed E-state index contributed by atoms with van der Waals surface area (Å²) in [6.45, 7) is 4.42. The lowest BCUT2D eigenvalue weighted by atomic mass is 10.1. The summed E-state index contributed by atoms with van der Waals surface area (Å²) in [5.74, 6) is 0. The predicted octanol–water partition coefficient (Wildman–Crippen LogP) is 2.71. The number of benzene rings is 1. The van der Waals surface area contributed by atoms with Crippen molar-refractivity contribution in [3.8, 4) is 0 Å². The molecule has 0 aromatic heterocycles. The lowest BCUT2D eigenvalue weighted by Crippen LogP contribution is -2.28. The van der Waals surface area contributed by atoms with Gasteiger partial charge in [0.1, 0.15) is 0 Å². The Morgan fingerprint density at radius 2 is 1.88 bits per heavy atom. The summed E-state index contributed by atoms with van der Waals surface area (Å²) in [7, 11) is -1.72. The number of hydrogen-bond acceptors (Lipinski definition) is 2. The normalized spacial score (nSPS) is 12.1. The quantitative estimate of drug-likeness (QED) is 0.782. The minimum atomic E-state index is -3.34. The Balaban J connectivity index is 3.00. The van der Waals surface area contributed by atoms with Gasteiger partial charge in [0, 0.05) is 18.9 Å². The lowest BCUT2D eigenvalue weighted by molar-refractivity contribution is 0.470. The van der Waals surface area contributed by atoms with Crippen molar-refractivity contribution in [1.29, 1.82) is 0 Å². The first-order chi connectivity index (χ1) is 7.89. The first kappa shape index (κ1) is 14.7. The molecule has 3 nitrogen and oxygen atoms in total. The molecule has 1 aromatic carbocycles. The number of halogens is 1. The summed E-state index contributed by atoms with van der Waals surface area (Å²) in [5, 5.41) is 0.805. The Hall–Kier alpha value is -0.390. The molecular weight excluding hydrogens is 302 g/mol. The average Bonchev–Trinajstić information content (AvgIpc) is 2.29. The molecule has 0 aliphatic rings. The van der Waals surface area contributed by atoms with Crippen molar-refractivity contribution in [2.75, 3.05) is 18.9 Å². The Morgan fingerprint density at radius 1 is 1.24 bits per heavy atom. The van der Waals surface area contributed by atoms with Crippen LogP contribution in [0.2, 0.25) is 0 Å². The fraction of sp³-hybridized carbons (Fsp3) is 0.500. The highest BCUT2D eigenvalue weighted by Crippen LogP contribution is 2.18. The molecule has 1 aromatic rings. The second-order valence-corrected chi connectivity index (χ2v) is 6.95. The van der Waals surface area contributed by atoms with E-state index in [9.17, 15) is 8.42 Å². The van der Waals surface area contributed by atoms with E-state index in [-0.39, 0.29) is 0 Å². The number of sulfonamides is 1. The Morgan fingerprint density at radius 3 is 2.41 bits per heavy atom. The molecule has 17 heavy (non-hydrogen) atoms. The highest BCUT2D eigenvalue weighted by molar-refractivity contribution is 9.09. The van der Waals surface area contributed by atoms with Crippen LogP contribution in [0.25, 0.3) is 0 Å². The summed E-state index contributed by atoms with van der Waals surface area (Å²) < 4.78 is 25.8. The third-order valence-corrected chi connectivity index (χ3v) is 5.21. The monoisotopic (exact) mass is 319 g/mol. The van der Waals surface area contributed by atoms with E-state index in [2.05, 4.69) is 15.9 Å². The maximum Gasteiger partial charge on any atom is 0.242 e. The molecule has 0 saturated heterocycles. The average molecular weight is 320 g/mol. The molecule has 0 saturated carbocycles. The van der Waals surface area contributed by atoms with Gasteiger partial charge in [0.15, 0.2) is 0 Å². The molecule has 96 valence electrons. The standard InChI is InChI=1S/C12H18BrNO2S/c1-10-5-6-12(9-11(10)2)17(15,16)14(3)8-4-7-13/h5-6,9H,4,7-8H2,1-3H3. The summed E-state index contributed by atoms with van der Waals surface area (Å²) >= 11 is 3.30. The van der Waals surface area contributed by atoms with E-state index in [4.69, 9.17) is 0 Å². The van der Waals surface area contributed by atoms with Gasteiger partial charge in [0.05, 0.1) is 4.90 Å². The zero-order valence-corrected chi connectivity index (χ0v) is 12.8. The van der Waals surface area contributed by atoms with Gasteiger partial charge in [0.25, 0.3) is 0 Å². The van der Waals surface area contributed by atoms with Crippen LogP contribution in [-0.2, 0) is 10.0 Å². The van der Waals surface area contributed by atoms with Gasteiger partial charge in [-0.15, -0.1) is 0 Å². The minimum absolute atomic E-state index is 0.373. The van der Waals surface area contributed by atoms with Crippen molar-refractivity contribution >= 4 is 26.0 Å². The van der Waals surface area contributed by atoms with Gasteiger partial charge in [-0.25, -0.2) is 12.7 Å². The second kappa shape index (κ2) is 5.98. The van der Waals surface area contributed by atoms with Crippen molar-refractivity contribution in [1.82, 2.24) is 4.31 Å². The van der Waals surface area contributed by atoms with E-state index < -0.39 is 10.0 Å². The fourth-order valence-corrected chi connectivity index (χ4v) is 3.00. The molecule has 0 atom stereocenters. The number of nitrogens with zero attached hydrogens (tertiary/aromatic N) is 1. The molecule has 0 aliphatic carbocycles. The SMILES string of the molecule is Cc1ccc(S(=O)(=O)N(C)CCCBr)cc1C. The molecule has 0 bridgehead atoms. The Kier molecular flexibility index (Phi) is 5.16.